The van der Waals surface area contributed by atoms with Gasteiger partial charge in [0.05, 0.1) is 0 Å². The number of hydrogen-bond donors (Lipinski definition) is 0. The molecule has 36 heavy (non-hydrogen) atoms. The summed E-state index contributed by atoms with van der Waals surface area (Å²) in [5.41, 5.74) is 7.42. The molecule has 0 unspecified atom stereocenters. The number of rotatable bonds is 3. The second kappa shape index (κ2) is 8.48. The largest absolute Gasteiger partial charge is 0.264 e. The van der Waals surface area contributed by atoms with Crippen LogP contribution in [0, 0.1) is 0 Å². The molecule has 0 aliphatic rings. The number of fused-ring (bicyclic) bond motifs is 3. The molecule has 0 N–H and O–H groups in total. The van der Waals surface area contributed by atoms with Gasteiger partial charge in [-0.3, -0.25) is 4.98 Å². The Morgan fingerprint density at radius 3 is 1.39 bits per heavy atom. The van der Waals surface area contributed by atoms with E-state index in [0.29, 0.717) is 0 Å². The Labute approximate surface area is 210 Å². The van der Waals surface area contributed by atoms with Gasteiger partial charge in [0.2, 0.25) is 0 Å². The molecule has 0 amide bonds. The average molecular weight is 458 g/mol. The first-order valence-electron chi connectivity index (χ1n) is 12.3. The molecule has 0 radical (unpaired) electrons. The highest BCUT2D eigenvalue weighted by atomic mass is 14.6. The number of benzene rings is 6. The molecule has 1 heteroatoms. The molecule has 1 aromatic heterocycles. The zero-order valence-corrected chi connectivity index (χ0v) is 19.7. The van der Waals surface area contributed by atoms with Gasteiger partial charge in [-0.05, 0) is 66.2 Å². The van der Waals surface area contributed by atoms with Crippen molar-refractivity contribution in [2.45, 2.75) is 0 Å². The molecule has 0 spiro atoms. The molecular formula is C35H23N. The lowest BCUT2D eigenvalue weighted by molar-refractivity contribution is 1.33. The van der Waals surface area contributed by atoms with Crippen molar-refractivity contribution in [2.24, 2.45) is 0 Å². The smallest absolute Gasteiger partial charge is 0.0346 e. The van der Waals surface area contributed by atoms with Crippen LogP contribution in [0.1, 0.15) is 0 Å². The van der Waals surface area contributed by atoms with E-state index >= 15 is 0 Å². The van der Waals surface area contributed by atoms with E-state index < -0.39 is 0 Å². The van der Waals surface area contributed by atoms with E-state index in [0.717, 1.165) is 5.56 Å². The Balaban J connectivity index is 1.62. The van der Waals surface area contributed by atoms with Crippen molar-refractivity contribution < 1.29 is 0 Å². The van der Waals surface area contributed by atoms with Crippen LogP contribution in [-0.4, -0.2) is 4.98 Å². The minimum Gasteiger partial charge on any atom is -0.264 e. The van der Waals surface area contributed by atoms with Crippen LogP contribution in [0.15, 0.2) is 140 Å². The summed E-state index contributed by atoms with van der Waals surface area (Å²) in [5, 5.41) is 7.59. The molecule has 6 aromatic carbocycles. The van der Waals surface area contributed by atoms with Crippen LogP contribution < -0.4 is 0 Å². The first-order valence-corrected chi connectivity index (χ1v) is 12.3. The number of hydrogen-bond acceptors (Lipinski definition) is 1. The first kappa shape index (κ1) is 20.6. The molecule has 1 heterocycles. The molecule has 0 atom stereocenters. The van der Waals surface area contributed by atoms with Gasteiger partial charge in [0.15, 0.2) is 0 Å². The molecule has 0 saturated carbocycles. The van der Waals surface area contributed by atoms with Gasteiger partial charge in [-0.1, -0.05) is 121 Å². The van der Waals surface area contributed by atoms with Crippen molar-refractivity contribution in [1.82, 2.24) is 4.98 Å². The van der Waals surface area contributed by atoms with Gasteiger partial charge in [0, 0.05) is 18.0 Å². The van der Waals surface area contributed by atoms with Gasteiger partial charge >= 0.3 is 0 Å². The van der Waals surface area contributed by atoms with E-state index in [1.165, 1.54) is 60.1 Å². The molecule has 0 saturated heterocycles. The molecular weight excluding hydrogens is 434 g/mol. The number of pyridine rings is 1. The fourth-order valence-electron chi connectivity index (χ4n) is 5.63. The molecule has 0 fully saturated rings. The van der Waals surface area contributed by atoms with Crippen LogP contribution in [0.4, 0.5) is 0 Å². The van der Waals surface area contributed by atoms with Crippen LogP contribution in [0.25, 0.3) is 65.7 Å². The summed E-state index contributed by atoms with van der Waals surface area (Å²) in [4.78, 5) is 4.37. The summed E-state index contributed by atoms with van der Waals surface area (Å²) in [5.74, 6) is 0. The Hall–Kier alpha value is -4.75. The van der Waals surface area contributed by atoms with Crippen molar-refractivity contribution in [1.29, 1.82) is 0 Å². The van der Waals surface area contributed by atoms with E-state index in [4.69, 9.17) is 0 Å². The molecule has 1 nitrogen and oxygen atoms in total. The summed E-state index contributed by atoms with van der Waals surface area (Å²) >= 11 is 0. The van der Waals surface area contributed by atoms with Crippen molar-refractivity contribution in [3.05, 3.63) is 140 Å². The van der Waals surface area contributed by atoms with E-state index in [9.17, 15) is 0 Å². The average Bonchev–Trinajstić information content (AvgIpc) is 2.96. The lowest BCUT2D eigenvalue weighted by Crippen LogP contribution is -1.92. The van der Waals surface area contributed by atoms with Crippen molar-refractivity contribution in [2.75, 3.05) is 0 Å². The topological polar surface area (TPSA) is 12.9 Å². The lowest BCUT2D eigenvalue weighted by atomic mass is 9.84. The van der Waals surface area contributed by atoms with Gasteiger partial charge in [-0.25, -0.2) is 0 Å². The standard InChI is InChI=1S/C35H23N/c1-2-11-24(12-3-1)34-29-16-6-8-18-31(29)35(32-19-9-7-17-30(32)34)33-21-20-26(25-13-10-22-36-23-25)27-14-4-5-15-28(27)33/h1-23H. The Kier molecular flexibility index (Phi) is 4.85. The maximum atomic E-state index is 4.37. The first-order chi connectivity index (χ1) is 17.9. The van der Waals surface area contributed by atoms with Crippen molar-refractivity contribution >= 4 is 32.3 Å². The van der Waals surface area contributed by atoms with Crippen molar-refractivity contribution in [3.63, 3.8) is 0 Å². The summed E-state index contributed by atoms with van der Waals surface area (Å²) in [6, 6.07) is 45.9. The van der Waals surface area contributed by atoms with Gasteiger partial charge < -0.3 is 0 Å². The normalized spacial score (nSPS) is 11.3. The van der Waals surface area contributed by atoms with Crippen LogP contribution in [0.3, 0.4) is 0 Å². The lowest BCUT2D eigenvalue weighted by Gasteiger charge is -2.19. The fraction of sp³-hybridized carbons (Fsp3) is 0. The predicted octanol–water partition coefficient (Wildman–Crippen LogP) is 9.54. The van der Waals surface area contributed by atoms with E-state index in [1.807, 2.05) is 18.5 Å². The summed E-state index contributed by atoms with van der Waals surface area (Å²) in [6.07, 6.45) is 3.77. The zero-order valence-electron chi connectivity index (χ0n) is 19.7. The molecule has 0 aliphatic heterocycles. The maximum absolute atomic E-state index is 4.37. The highest BCUT2D eigenvalue weighted by Crippen LogP contribution is 2.46. The zero-order chi connectivity index (χ0) is 23.9. The van der Waals surface area contributed by atoms with E-state index in [2.05, 4.69) is 126 Å². The van der Waals surface area contributed by atoms with E-state index in [1.54, 1.807) is 0 Å². The number of aromatic nitrogens is 1. The highest BCUT2D eigenvalue weighted by Gasteiger charge is 2.18. The molecule has 168 valence electrons. The van der Waals surface area contributed by atoms with Crippen molar-refractivity contribution in [3.8, 4) is 33.4 Å². The molecule has 7 aromatic rings. The SMILES string of the molecule is c1ccc(-c2c3ccccc3c(-c3ccc(-c4cccnc4)c4ccccc34)c3ccccc23)cc1. The molecule has 0 bridgehead atoms. The minimum absolute atomic E-state index is 1.13. The third-order valence-electron chi connectivity index (χ3n) is 7.16. The molecule has 0 aliphatic carbocycles. The summed E-state index contributed by atoms with van der Waals surface area (Å²) in [6.45, 7) is 0. The minimum atomic E-state index is 1.13. The third-order valence-corrected chi connectivity index (χ3v) is 7.16. The summed E-state index contributed by atoms with van der Waals surface area (Å²) in [7, 11) is 0. The van der Waals surface area contributed by atoms with Crippen LogP contribution >= 0.6 is 0 Å². The Bertz CT molecular complexity index is 1810. The highest BCUT2D eigenvalue weighted by molar-refractivity contribution is 6.24. The van der Waals surface area contributed by atoms with Gasteiger partial charge in [0.1, 0.15) is 0 Å². The third kappa shape index (κ3) is 3.21. The van der Waals surface area contributed by atoms with Gasteiger partial charge in [-0.15, -0.1) is 0 Å². The monoisotopic (exact) mass is 457 g/mol. The van der Waals surface area contributed by atoms with Gasteiger partial charge in [0.25, 0.3) is 0 Å². The fourth-order valence-corrected chi connectivity index (χ4v) is 5.63. The second-order valence-corrected chi connectivity index (χ2v) is 9.16. The Morgan fingerprint density at radius 1 is 0.333 bits per heavy atom. The van der Waals surface area contributed by atoms with Gasteiger partial charge in [-0.2, -0.15) is 0 Å². The Morgan fingerprint density at radius 2 is 0.806 bits per heavy atom. The van der Waals surface area contributed by atoms with Crippen LogP contribution in [0.2, 0.25) is 0 Å². The molecule has 7 rings (SSSR count). The maximum Gasteiger partial charge on any atom is 0.0346 e. The van der Waals surface area contributed by atoms with E-state index in [-0.39, 0.29) is 0 Å². The van der Waals surface area contributed by atoms with Crippen LogP contribution in [-0.2, 0) is 0 Å². The summed E-state index contributed by atoms with van der Waals surface area (Å²) < 4.78 is 0. The number of nitrogens with zero attached hydrogens (tertiary/aromatic N) is 1. The van der Waals surface area contributed by atoms with Crippen LogP contribution in [0.5, 0.6) is 0 Å². The second-order valence-electron chi connectivity index (χ2n) is 9.16. The predicted molar refractivity (Wildman–Crippen MR) is 153 cm³/mol. The quantitative estimate of drug-likeness (QED) is 0.241.